The molecule has 0 saturated carbocycles. The molecule has 20 heavy (non-hydrogen) atoms. The van der Waals surface area contributed by atoms with Crippen molar-refractivity contribution in [3.05, 3.63) is 48.0 Å². The summed E-state index contributed by atoms with van der Waals surface area (Å²) in [6.07, 6.45) is 2.68. The summed E-state index contributed by atoms with van der Waals surface area (Å²) in [6, 6.07) is 8.41. The van der Waals surface area contributed by atoms with Crippen molar-refractivity contribution in [1.29, 1.82) is 0 Å². The minimum Gasteiger partial charge on any atom is -0.362 e. The Bertz CT molecular complexity index is 582. The first-order chi connectivity index (χ1) is 9.66. The van der Waals surface area contributed by atoms with E-state index in [1.807, 2.05) is 17.7 Å². The van der Waals surface area contributed by atoms with Gasteiger partial charge in [-0.2, -0.15) is 5.10 Å². The molecule has 0 bridgehead atoms. The Kier molecular flexibility index (Phi) is 5.06. The lowest BCUT2D eigenvalue weighted by Crippen LogP contribution is -2.30. The van der Waals surface area contributed by atoms with E-state index in [0.717, 1.165) is 18.7 Å². The lowest BCUT2D eigenvalue weighted by Gasteiger charge is -2.11. The largest absolute Gasteiger partial charge is 0.362 e. The van der Waals surface area contributed by atoms with Gasteiger partial charge in [-0.05, 0) is 43.8 Å². The average molecular weight is 292 g/mol. The van der Waals surface area contributed by atoms with E-state index in [4.69, 9.17) is 12.2 Å². The fraction of sp³-hybridized carbons (Fsp3) is 0.286. The Morgan fingerprint density at radius 3 is 2.85 bits per heavy atom. The summed E-state index contributed by atoms with van der Waals surface area (Å²) in [5.41, 5.74) is 1.52. The molecule has 0 saturated heterocycles. The maximum atomic E-state index is 13.4. The van der Waals surface area contributed by atoms with Crippen LogP contribution in [0.1, 0.15) is 12.1 Å². The molecule has 106 valence electrons. The summed E-state index contributed by atoms with van der Waals surface area (Å²) >= 11 is 5.12. The molecule has 0 atom stereocenters. The van der Waals surface area contributed by atoms with Gasteiger partial charge in [0, 0.05) is 25.0 Å². The molecule has 0 fully saturated rings. The lowest BCUT2D eigenvalue weighted by atomic mass is 10.3. The highest BCUT2D eigenvalue weighted by Crippen LogP contribution is 2.11. The van der Waals surface area contributed by atoms with Crippen LogP contribution in [0.5, 0.6) is 0 Å². The molecule has 1 aromatic heterocycles. The van der Waals surface area contributed by atoms with Gasteiger partial charge in [0.05, 0.1) is 5.69 Å². The molecule has 2 rings (SSSR count). The first kappa shape index (κ1) is 14.5. The van der Waals surface area contributed by atoms with E-state index in [1.54, 1.807) is 24.4 Å². The molecule has 0 spiro atoms. The Morgan fingerprint density at radius 2 is 2.15 bits per heavy atom. The van der Waals surface area contributed by atoms with Gasteiger partial charge in [-0.25, -0.2) is 4.39 Å². The van der Waals surface area contributed by atoms with Crippen LogP contribution in [0.25, 0.3) is 0 Å². The first-order valence-corrected chi connectivity index (χ1v) is 6.85. The molecule has 1 heterocycles. The number of anilines is 1. The number of benzene rings is 1. The van der Waals surface area contributed by atoms with Crippen molar-refractivity contribution in [3.8, 4) is 0 Å². The number of hydrogen-bond acceptors (Lipinski definition) is 2. The van der Waals surface area contributed by atoms with Crippen LogP contribution in [-0.4, -0.2) is 21.4 Å². The van der Waals surface area contributed by atoms with Gasteiger partial charge in [-0.3, -0.25) is 4.68 Å². The Hall–Kier alpha value is -1.95. The molecule has 0 aliphatic rings. The number of aryl methyl sites for hydroxylation is 2. The Morgan fingerprint density at radius 1 is 1.35 bits per heavy atom. The highest BCUT2D eigenvalue weighted by molar-refractivity contribution is 7.80. The Balaban J connectivity index is 1.71. The molecule has 2 aromatic rings. The Labute approximate surface area is 123 Å². The normalized spacial score (nSPS) is 10.3. The number of nitrogens with one attached hydrogen (secondary N) is 2. The van der Waals surface area contributed by atoms with Crippen LogP contribution in [0, 0.1) is 12.7 Å². The second-order valence-electron chi connectivity index (χ2n) is 4.41. The third kappa shape index (κ3) is 4.03. The van der Waals surface area contributed by atoms with Gasteiger partial charge in [0.2, 0.25) is 0 Å². The van der Waals surface area contributed by atoms with Crippen molar-refractivity contribution in [3.63, 3.8) is 0 Å². The molecule has 0 amide bonds. The number of rotatable bonds is 5. The van der Waals surface area contributed by atoms with E-state index in [2.05, 4.69) is 15.7 Å². The van der Waals surface area contributed by atoms with Crippen molar-refractivity contribution in [2.24, 2.45) is 0 Å². The van der Waals surface area contributed by atoms with Gasteiger partial charge in [0.25, 0.3) is 0 Å². The number of halogens is 1. The molecular weight excluding hydrogens is 275 g/mol. The number of thiocarbonyl (C=S) groups is 1. The van der Waals surface area contributed by atoms with Gasteiger partial charge in [0.1, 0.15) is 5.82 Å². The third-order valence-electron chi connectivity index (χ3n) is 2.88. The summed E-state index contributed by atoms with van der Waals surface area (Å²) in [6.45, 7) is 3.55. The van der Waals surface area contributed by atoms with E-state index in [9.17, 15) is 4.39 Å². The number of nitrogens with zero attached hydrogens (tertiary/aromatic N) is 2. The molecule has 1 aromatic carbocycles. The summed E-state index contributed by atoms with van der Waals surface area (Å²) in [5.74, 6) is -0.316. The summed E-state index contributed by atoms with van der Waals surface area (Å²) < 4.78 is 15.3. The van der Waals surface area contributed by atoms with Crippen molar-refractivity contribution in [2.75, 3.05) is 11.9 Å². The first-order valence-electron chi connectivity index (χ1n) is 6.44. The van der Waals surface area contributed by atoms with E-state index < -0.39 is 0 Å². The van der Waals surface area contributed by atoms with Gasteiger partial charge >= 0.3 is 0 Å². The molecular formula is C14H17FN4S. The van der Waals surface area contributed by atoms with Gasteiger partial charge in [-0.1, -0.05) is 12.1 Å². The topological polar surface area (TPSA) is 41.9 Å². The zero-order valence-corrected chi connectivity index (χ0v) is 12.1. The van der Waals surface area contributed by atoms with Crippen LogP contribution in [0.15, 0.2) is 36.5 Å². The van der Waals surface area contributed by atoms with E-state index >= 15 is 0 Å². The SMILES string of the molecule is Cc1ccnn1CCCNC(=S)Nc1ccccc1F. The summed E-state index contributed by atoms with van der Waals surface area (Å²) in [4.78, 5) is 0. The predicted molar refractivity (Wildman–Crippen MR) is 82.2 cm³/mol. The van der Waals surface area contributed by atoms with E-state index in [1.165, 1.54) is 6.07 Å². The summed E-state index contributed by atoms with van der Waals surface area (Å²) in [5, 5.41) is 10.5. The molecule has 0 radical (unpaired) electrons. The van der Waals surface area contributed by atoms with Crippen molar-refractivity contribution >= 4 is 23.0 Å². The van der Waals surface area contributed by atoms with Crippen LogP contribution >= 0.6 is 12.2 Å². The lowest BCUT2D eigenvalue weighted by molar-refractivity contribution is 0.561. The maximum absolute atomic E-state index is 13.4. The van der Waals surface area contributed by atoms with Crippen LogP contribution < -0.4 is 10.6 Å². The second-order valence-corrected chi connectivity index (χ2v) is 4.82. The van der Waals surface area contributed by atoms with Crippen molar-refractivity contribution in [2.45, 2.75) is 19.9 Å². The van der Waals surface area contributed by atoms with Gasteiger partial charge in [-0.15, -0.1) is 0 Å². The molecule has 4 nitrogen and oxygen atoms in total. The number of hydrogen-bond donors (Lipinski definition) is 2. The van der Waals surface area contributed by atoms with E-state index in [-0.39, 0.29) is 5.82 Å². The third-order valence-corrected chi connectivity index (χ3v) is 3.13. The standard InChI is InChI=1S/C14H17FN4S/c1-11-7-9-17-19(11)10-4-8-16-14(20)18-13-6-3-2-5-12(13)15/h2-3,5-7,9H,4,8,10H2,1H3,(H2,16,18,20). The fourth-order valence-corrected chi connectivity index (χ4v) is 2.00. The molecule has 0 unspecified atom stereocenters. The molecule has 2 N–H and O–H groups in total. The average Bonchev–Trinajstić information content (AvgIpc) is 2.83. The minimum atomic E-state index is -0.316. The number of aromatic nitrogens is 2. The zero-order valence-electron chi connectivity index (χ0n) is 11.3. The maximum Gasteiger partial charge on any atom is 0.170 e. The fourth-order valence-electron chi connectivity index (χ4n) is 1.79. The highest BCUT2D eigenvalue weighted by Gasteiger charge is 2.02. The van der Waals surface area contributed by atoms with Crippen molar-refractivity contribution in [1.82, 2.24) is 15.1 Å². The monoisotopic (exact) mass is 292 g/mol. The molecule has 0 aliphatic carbocycles. The van der Waals surface area contributed by atoms with E-state index in [0.29, 0.717) is 17.3 Å². The van der Waals surface area contributed by atoms with Gasteiger partial charge < -0.3 is 10.6 Å². The number of para-hydroxylation sites is 1. The van der Waals surface area contributed by atoms with Crippen LogP contribution in [0.2, 0.25) is 0 Å². The summed E-state index contributed by atoms with van der Waals surface area (Å²) in [7, 11) is 0. The van der Waals surface area contributed by atoms with Crippen molar-refractivity contribution < 1.29 is 4.39 Å². The van der Waals surface area contributed by atoms with Crippen LogP contribution in [0.4, 0.5) is 10.1 Å². The predicted octanol–water partition coefficient (Wildman–Crippen LogP) is 2.71. The molecule has 0 aliphatic heterocycles. The smallest absolute Gasteiger partial charge is 0.170 e. The minimum absolute atomic E-state index is 0.316. The van der Waals surface area contributed by atoms with Gasteiger partial charge in [0.15, 0.2) is 5.11 Å². The quantitative estimate of drug-likeness (QED) is 0.657. The second kappa shape index (κ2) is 7.00. The van der Waals surface area contributed by atoms with Crippen LogP contribution in [0.3, 0.4) is 0 Å². The highest BCUT2D eigenvalue weighted by atomic mass is 32.1. The van der Waals surface area contributed by atoms with Crippen LogP contribution in [-0.2, 0) is 6.54 Å². The zero-order chi connectivity index (χ0) is 14.4. The molecule has 6 heteroatoms.